The van der Waals surface area contributed by atoms with Crippen molar-refractivity contribution in [3.63, 3.8) is 0 Å². The Morgan fingerprint density at radius 3 is 2.93 bits per heavy atom. The smallest absolute Gasteiger partial charge is 0.224 e. The normalized spacial score (nSPS) is 21.5. The summed E-state index contributed by atoms with van der Waals surface area (Å²) in [7, 11) is 0. The molecular weight excluding hydrogens is 420 g/mol. The van der Waals surface area contributed by atoms with Crippen LogP contribution in [0, 0.1) is 11.7 Å². The first-order valence-electron chi connectivity index (χ1n) is 9.40. The molecule has 29 heavy (non-hydrogen) atoms. The van der Waals surface area contributed by atoms with Crippen molar-refractivity contribution in [3.8, 4) is 5.75 Å². The van der Waals surface area contributed by atoms with Crippen molar-refractivity contribution in [1.82, 2.24) is 4.98 Å². The lowest BCUT2D eigenvalue weighted by atomic mass is 9.94. The van der Waals surface area contributed by atoms with Gasteiger partial charge >= 0.3 is 0 Å². The van der Waals surface area contributed by atoms with E-state index in [0.717, 1.165) is 0 Å². The summed E-state index contributed by atoms with van der Waals surface area (Å²) in [6, 6.07) is 4.49. The molecule has 0 radical (unpaired) electrons. The van der Waals surface area contributed by atoms with Crippen molar-refractivity contribution < 1.29 is 19.0 Å². The number of aliphatic hydroxyl groups excluding tert-OH is 1. The average Bonchev–Trinajstić information content (AvgIpc) is 2.68. The Bertz CT molecular complexity index is 943. The number of fused-ring (bicyclic) bond motifs is 1. The number of rotatable bonds is 4. The maximum Gasteiger partial charge on any atom is 0.224 e. The first-order valence-corrected chi connectivity index (χ1v) is 10.2. The molecule has 1 aromatic carbocycles. The van der Waals surface area contributed by atoms with E-state index in [2.05, 4.69) is 10.3 Å². The quantitative estimate of drug-likeness (QED) is 0.759. The molecule has 2 aromatic rings. The van der Waals surface area contributed by atoms with E-state index >= 15 is 0 Å². The number of hydrogen-bond donors (Lipinski definition) is 2. The van der Waals surface area contributed by atoms with Crippen molar-refractivity contribution in [2.75, 3.05) is 29.9 Å². The van der Waals surface area contributed by atoms with E-state index in [1.807, 2.05) is 4.90 Å². The number of nitrogens with one attached hydrogen (secondary N) is 1. The molecule has 1 fully saturated rings. The molecule has 1 aromatic heterocycles. The Morgan fingerprint density at radius 2 is 2.17 bits per heavy atom. The van der Waals surface area contributed by atoms with Gasteiger partial charge in [0.05, 0.1) is 28.4 Å². The number of anilines is 2. The van der Waals surface area contributed by atoms with E-state index in [-0.39, 0.29) is 17.5 Å². The molecule has 1 amide bonds. The van der Waals surface area contributed by atoms with Crippen LogP contribution in [0.4, 0.5) is 15.9 Å². The van der Waals surface area contributed by atoms with E-state index in [0.29, 0.717) is 66.1 Å². The average molecular weight is 440 g/mol. The zero-order valence-corrected chi connectivity index (χ0v) is 17.0. The summed E-state index contributed by atoms with van der Waals surface area (Å²) in [6.45, 7) is 1.33. The number of carbonyl (C=O) groups is 1. The Morgan fingerprint density at radius 1 is 1.34 bits per heavy atom. The molecule has 2 N–H and O–H groups in total. The molecule has 0 unspecified atom stereocenters. The Balaban J connectivity index is 1.41. The van der Waals surface area contributed by atoms with E-state index < -0.39 is 11.9 Å². The molecule has 9 heteroatoms. The van der Waals surface area contributed by atoms with Gasteiger partial charge in [-0.1, -0.05) is 23.2 Å². The summed E-state index contributed by atoms with van der Waals surface area (Å²) < 4.78 is 19.9. The number of aliphatic hydroxyl groups is 1. The predicted octanol–water partition coefficient (Wildman–Crippen LogP) is 3.68. The van der Waals surface area contributed by atoms with Crippen molar-refractivity contribution in [2.24, 2.45) is 5.92 Å². The number of hydrogen-bond acceptors (Lipinski definition) is 5. The molecule has 2 atom stereocenters. The molecule has 0 bridgehead atoms. The highest BCUT2D eigenvalue weighted by atomic mass is 35.5. The van der Waals surface area contributed by atoms with Crippen LogP contribution in [0.3, 0.4) is 0 Å². The maximum atomic E-state index is 14.0. The summed E-state index contributed by atoms with van der Waals surface area (Å²) in [6.07, 6.45) is 2.30. The zero-order valence-electron chi connectivity index (χ0n) is 15.5. The monoisotopic (exact) mass is 439 g/mol. The summed E-state index contributed by atoms with van der Waals surface area (Å²) in [4.78, 5) is 17.7. The highest BCUT2D eigenvalue weighted by molar-refractivity contribution is 6.36. The third-order valence-electron chi connectivity index (χ3n) is 5.35. The number of ether oxygens (including phenoxy) is 1. The van der Waals surface area contributed by atoms with Gasteiger partial charge in [0.1, 0.15) is 17.4 Å². The molecule has 2 aliphatic rings. The number of pyridine rings is 1. The van der Waals surface area contributed by atoms with Gasteiger partial charge in [0.2, 0.25) is 5.91 Å². The molecule has 6 nitrogen and oxygen atoms in total. The van der Waals surface area contributed by atoms with Crippen molar-refractivity contribution in [1.29, 1.82) is 0 Å². The second kappa shape index (κ2) is 8.34. The van der Waals surface area contributed by atoms with Crippen LogP contribution in [0.2, 0.25) is 10.0 Å². The fraction of sp³-hybridized carbons (Fsp3) is 0.400. The first-order chi connectivity index (χ1) is 13.9. The largest absolute Gasteiger partial charge is 0.493 e. The number of aromatic nitrogens is 1. The number of β-amino-alcohol motifs (C(OH)–C–C–N with tert-alkyl or cyclic N) is 1. The third kappa shape index (κ3) is 4.27. The lowest BCUT2D eigenvalue weighted by molar-refractivity contribution is -0.116. The predicted molar refractivity (Wildman–Crippen MR) is 109 cm³/mol. The Labute approximate surface area is 177 Å². The van der Waals surface area contributed by atoms with Gasteiger partial charge in [0.25, 0.3) is 0 Å². The van der Waals surface area contributed by atoms with Crippen molar-refractivity contribution in [3.05, 3.63) is 45.8 Å². The minimum atomic E-state index is -0.631. The van der Waals surface area contributed by atoms with Gasteiger partial charge in [-0.2, -0.15) is 0 Å². The van der Waals surface area contributed by atoms with Gasteiger partial charge in [-0.05, 0) is 31.0 Å². The van der Waals surface area contributed by atoms with Gasteiger partial charge in [-0.15, -0.1) is 0 Å². The summed E-state index contributed by atoms with van der Waals surface area (Å²) in [5, 5.41) is 14.1. The van der Waals surface area contributed by atoms with Gasteiger partial charge < -0.3 is 20.1 Å². The number of amides is 1. The van der Waals surface area contributed by atoms with Crippen LogP contribution < -0.4 is 15.0 Å². The minimum absolute atomic E-state index is 0.0868. The lowest BCUT2D eigenvalue weighted by Crippen LogP contribution is -2.46. The number of benzene rings is 1. The highest BCUT2D eigenvalue weighted by Crippen LogP contribution is 2.35. The molecule has 0 spiro atoms. The Hall–Kier alpha value is -2.09. The SMILES string of the molecule is O=C1CCc2c(OC[C@@H]3CCN(c4ncc(Cl)cc4Cl)C[C@@H]3O)ccc(F)c2N1. The van der Waals surface area contributed by atoms with Crippen LogP contribution in [-0.4, -0.2) is 41.8 Å². The summed E-state index contributed by atoms with van der Waals surface area (Å²) in [5.74, 6) is 0.374. The topological polar surface area (TPSA) is 74.7 Å². The lowest BCUT2D eigenvalue weighted by Gasteiger charge is -2.37. The standard InChI is InChI=1S/C20H20Cl2FN3O3/c21-12-7-14(22)20(24-8-12)26-6-5-11(16(27)9-26)10-29-17-3-2-15(23)19-13(17)1-4-18(28)25-19/h2-3,7-8,11,16,27H,1,4-6,9-10H2,(H,25,28)/t11-,16-/m0/s1. The van der Waals surface area contributed by atoms with Gasteiger partial charge in [0.15, 0.2) is 0 Å². The molecular formula is C20H20Cl2FN3O3. The minimum Gasteiger partial charge on any atom is -0.493 e. The van der Waals surface area contributed by atoms with Crippen LogP contribution in [-0.2, 0) is 11.2 Å². The van der Waals surface area contributed by atoms with Gasteiger partial charge in [-0.3, -0.25) is 4.79 Å². The molecule has 2 aliphatic heterocycles. The molecule has 154 valence electrons. The highest BCUT2D eigenvalue weighted by Gasteiger charge is 2.30. The van der Waals surface area contributed by atoms with Crippen LogP contribution in [0.15, 0.2) is 24.4 Å². The van der Waals surface area contributed by atoms with E-state index in [1.165, 1.54) is 12.3 Å². The van der Waals surface area contributed by atoms with Gasteiger partial charge in [-0.25, -0.2) is 9.37 Å². The fourth-order valence-corrected chi connectivity index (χ4v) is 4.26. The second-order valence-electron chi connectivity index (χ2n) is 7.28. The van der Waals surface area contributed by atoms with Crippen molar-refractivity contribution in [2.45, 2.75) is 25.4 Å². The first kappa shape index (κ1) is 20.2. The molecule has 0 saturated carbocycles. The second-order valence-corrected chi connectivity index (χ2v) is 8.12. The summed E-state index contributed by atoms with van der Waals surface area (Å²) >= 11 is 12.1. The van der Waals surface area contributed by atoms with E-state index in [4.69, 9.17) is 27.9 Å². The molecule has 1 saturated heterocycles. The van der Waals surface area contributed by atoms with Crippen LogP contribution >= 0.6 is 23.2 Å². The van der Waals surface area contributed by atoms with Crippen LogP contribution in [0.1, 0.15) is 18.4 Å². The molecule has 0 aliphatic carbocycles. The molecule has 3 heterocycles. The van der Waals surface area contributed by atoms with E-state index in [9.17, 15) is 14.3 Å². The van der Waals surface area contributed by atoms with Crippen LogP contribution in [0.25, 0.3) is 0 Å². The zero-order chi connectivity index (χ0) is 20.5. The number of nitrogens with zero attached hydrogens (tertiary/aromatic N) is 2. The fourth-order valence-electron chi connectivity index (χ4n) is 3.76. The number of piperidine rings is 1. The maximum absolute atomic E-state index is 14.0. The van der Waals surface area contributed by atoms with E-state index in [1.54, 1.807) is 12.1 Å². The Kier molecular flexibility index (Phi) is 5.81. The third-order valence-corrected chi connectivity index (χ3v) is 5.83. The number of halogens is 3. The summed E-state index contributed by atoms with van der Waals surface area (Å²) in [5.41, 5.74) is 0.853. The number of carbonyl (C=O) groups excluding carboxylic acids is 1. The molecule has 4 rings (SSSR count). The van der Waals surface area contributed by atoms with Gasteiger partial charge in [0, 0.05) is 37.2 Å². The van der Waals surface area contributed by atoms with Crippen molar-refractivity contribution >= 4 is 40.6 Å². The van der Waals surface area contributed by atoms with Crippen LogP contribution in [0.5, 0.6) is 5.75 Å².